The van der Waals surface area contributed by atoms with Crippen molar-refractivity contribution in [2.45, 2.75) is 6.54 Å². The highest BCUT2D eigenvalue weighted by Crippen LogP contribution is 2.22. The van der Waals surface area contributed by atoms with Crippen LogP contribution in [0, 0.1) is 0 Å². The second kappa shape index (κ2) is 10.4. The number of aromatic nitrogens is 3. The summed E-state index contributed by atoms with van der Waals surface area (Å²) in [7, 11) is 1.87. The summed E-state index contributed by atoms with van der Waals surface area (Å²) in [4.78, 5) is 31.5. The molecular formula is C26H27N7O3. The molecule has 10 heteroatoms. The number of para-hydroxylation sites is 1. The van der Waals surface area contributed by atoms with Gasteiger partial charge in [-0.15, -0.1) is 0 Å². The number of hydrogen-bond acceptors (Lipinski definition) is 6. The van der Waals surface area contributed by atoms with E-state index in [0.29, 0.717) is 55.6 Å². The van der Waals surface area contributed by atoms with Crippen LogP contribution < -0.4 is 16.0 Å². The first-order chi connectivity index (χ1) is 17.6. The highest BCUT2D eigenvalue weighted by molar-refractivity contribution is 6.08. The number of carbonyl (C=O) groups excluding carboxylic acids is 2. The van der Waals surface area contributed by atoms with Crippen LogP contribution in [0.4, 0.5) is 22.0 Å². The number of fused-ring (bicyclic) bond motifs is 1. The Labute approximate surface area is 208 Å². The van der Waals surface area contributed by atoms with Crippen LogP contribution in [0.5, 0.6) is 0 Å². The Kier molecular flexibility index (Phi) is 6.76. The molecule has 1 aliphatic rings. The molecule has 0 aliphatic carbocycles. The van der Waals surface area contributed by atoms with Gasteiger partial charge in [0, 0.05) is 49.6 Å². The van der Waals surface area contributed by atoms with Crippen molar-refractivity contribution < 1.29 is 14.3 Å². The third-order valence-corrected chi connectivity index (χ3v) is 6.02. The molecule has 3 heterocycles. The van der Waals surface area contributed by atoms with Crippen LogP contribution in [0.15, 0.2) is 67.0 Å². The van der Waals surface area contributed by atoms with Gasteiger partial charge in [0.25, 0.3) is 5.91 Å². The van der Waals surface area contributed by atoms with Gasteiger partial charge in [-0.25, -0.2) is 9.78 Å². The summed E-state index contributed by atoms with van der Waals surface area (Å²) in [6, 6.07) is 16.5. The van der Waals surface area contributed by atoms with Gasteiger partial charge in [0.1, 0.15) is 5.82 Å². The average Bonchev–Trinajstić information content (AvgIpc) is 3.28. The summed E-state index contributed by atoms with van der Waals surface area (Å²) in [6.45, 7) is 2.64. The van der Waals surface area contributed by atoms with E-state index >= 15 is 0 Å². The minimum absolute atomic E-state index is 0.192. The van der Waals surface area contributed by atoms with Crippen LogP contribution in [0.3, 0.4) is 0 Å². The fourth-order valence-electron chi connectivity index (χ4n) is 4.06. The van der Waals surface area contributed by atoms with Gasteiger partial charge in [-0.05, 0) is 48.0 Å². The molecule has 10 nitrogen and oxygen atoms in total. The summed E-state index contributed by atoms with van der Waals surface area (Å²) in [5.41, 5.74) is 3.78. The second-order valence-electron chi connectivity index (χ2n) is 8.47. The monoisotopic (exact) mass is 485 g/mol. The first-order valence-electron chi connectivity index (χ1n) is 11.7. The molecule has 2 aromatic heterocycles. The lowest BCUT2D eigenvalue weighted by molar-refractivity contribution is 0.0564. The number of pyridine rings is 1. The average molecular weight is 486 g/mol. The Bertz CT molecular complexity index is 1400. The van der Waals surface area contributed by atoms with Crippen LogP contribution in [-0.2, 0) is 18.3 Å². The lowest BCUT2D eigenvalue weighted by atomic mass is 10.1. The summed E-state index contributed by atoms with van der Waals surface area (Å²) in [5.74, 6) is 0.259. The fraction of sp³-hybridized carbons (Fsp3) is 0.231. The van der Waals surface area contributed by atoms with E-state index in [1.807, 2.05) is 55.6 Å². The van der Waals surface area contributed by atoms with E-state index in [0.717, 1.165) is 16.5 Å². The van der Waals surface area contributed by atoms with Gasteiger partial charge < -0.3 is 20.3 Å². The van der Waals surface area contributed by atoms with Crippen molar-refractivity contribution in [1.29, 1.82) is 0 Å². The van der Waals surface area contributed by atoms with Gasteiger partial charge in [-0.1, -0.05) is 12.1 Å². The Morgan fingerprint density at radius 3 is 2.72 bits per heavy atom. The summed E-state index contributed by atoms with van der Waals surface area (Å²) in [6.07, 6.45) is 3.44. The van der Waals surface area contributed by atoms with Crippen molar-refractivity contribution in [3.63, 3.8) is 0 Å². The maximum atomic E-state index is 13.1. The number of nitrogens with one attached hydrogen (secondary N) is 3. The van der Waals surface area contributed by atoms with Gasteiger partial charge >= 0.3 is 6.03 Å². The molecule has 1 fully saturated rings. The van der Waals surface area contributed by atoms with Crippen LogP contribution in [-0.4, -0.2) is 57.9 Å². The zero-order valence-electron chi connectivity index (χ0n) is 19.9. The van der Waals surface area contributed by atoms with E-state index in [4.69, 9.17) is 4.74 Å². The fourth-order valence-corrected chi connectivity index (χ4v) is 4.06. The maximum absolute atomic E-state index is 13.1. The lowest BCUT2D eigenvalue weighted by Gasteiger charge is -2.26. The van der Waals surface area contributed by atoms with Crippen molar-refractivity contribution in [3.05, 3.63) is 78.1 Å². The number of morpholine rings is 1. The molecule has 0 atom stereocenters. The molecule has 0 spiro atoms. The predicted octanol–water partition coefficient (Wildman–Crippen LogP) is 3.70. The number of carbonyl (C=O) groups is 2. The van der Waals surface area contributed by atoms with E-state index in [1.54, 1.807) is 28.0 Å². The second-order valence-corrected chi connectivity index (χ2v) is 8.47. The molecule has 0 bridgehead atoms. The molecule has 3 N–H and O–H groups in total. The largest absolute Gasteiger partial charge is 0.380 e. The Hall–Kier alpha value is -4.44. The van der Waals surface area contributed by atoms with Gasteiger partial charge in [0.15, 0.2) is 0 Å². The number of amides is 3. The first kappa shape index (κ1) is 23.3. The summed E-state index contributed by atoms with van der Waals surface area (Å²) < 4.78 is 7.06. The number of urea groups is 1. The number of ether oxygens (including phenoxy) is 1. The van der Waals surface area contributed by atoms with Gasteiger partial charge in [0.05, 0.1) is 30.5 Å². The van der Waals surface area contributed by atoms with Crippen LogP contribution in [0.25, 0.3) is 10.9 Å². The third kappa shape index (κ3) is 5.28. The van der Waals surface area contributed by atoms with E-state index in [-0.39, 0.29) is 11.9 Å². The number of benzene rings is 2. The molecule has 2 aromatic carbocycles. The minimum Gasteiger partial charge on any atom is -0.380 e. The van der Waals surface area contributed by atoms with Crippen molar-refractivity contribution in [1.82, 2.24) is 19.7 Å². The minimum atomic E-state index is -0.215. The number of nitrogens with zero attached hydrogens (tertiary/aromatic N) is 4. The van der Waals surface area contributed by atoms with Crippen LogP contribution in [0.2, 0.25) is 0 Å². The summed E-state index contributed by atoms with van der Waals surface area (Å²) in [5, 5.41) is 14.4. The molecule has 36 heavy (non-hydrogen) atoms. The number of rotatable bonds is 6. The predicted molar refractivity (Wildman–Crippen MR) is 138 cm³/mol. The van der Waals surface area contributed by atoms with Crippen molar-refractivity contribution in [3.8, 4) is 0 Å². The van der Waals surface area contributed by atoms with Gasteiger partial charge in [-0.2, -0.15) is 5.10 Å². The standard InChI is InChI=1S/C26H27N7O3/c1-32-23-15-20(7-6-19(23)17-29-32)30-25(34)21-4-2-3-5-22(21)28-16-18-8-9-27-24(14-18)31-26(35)33-10-12-36-13-11-33/h2-9,14-15,17,28H,10-13,16H2,1H3,(H,30,34)(H,27,31,35). The number of anilines is 3. The molecule has 1 saturated heterocycles. The highest BCUT2D eigenvalue weighted by Gasteiger charge is 2.17. The molecule has 0 unspecified atom stereocenters. The highest BCUT2D eigenvalue weighted by atomic mass is 16.5. The van der Waals surface area contributed by atoms with Crippen molar-refractivity contribution in [2.75, 3.05) is 42.3 Å². The molecule has 0 radical (unpaired) electrons. The number of hydrogen-bond donors (Lipinski definition) is 3. The molecule has 5 rings (SSSR count). The zero-order valence-corrected chi connectivity index (χ0v) is 19.9. The van der Waals surface area contributed by atoms with E-state index in [9.17, 15) is 9.59 Å². The Morgan fingerprint density at radius 1 is 1.03 bits per heavy atom. The Morgan fingerprint density at radius 2 is 1.86 bits per heavy atom. The summed E-state index contributed by atoms with van der Waals surface area (Å²) >= 11 is 0. The van der Waals surface area contributed by atoms with Crippen molar-refractivity contribution >= 4 is 40.0 Å². The van der Waals surface area contributed by atoms with Crippen LogP contribution in [0.1, 0.15) is 15.9 Å². The van der Waals surface area contributed by atoms with Gasteiger partial charge in [0.2, 0.25) is 0 Å². The molecule has 184 valence electrons. The van der Waals surface area contributed by atoms with E-state index in [1.165, 1.54) is 0 Å². The number of aryl methyl sites for hydroxylation is 1. The molecule has 1 aliphatic heterocycles. The molecular weight excluding hydrogens is 458 g/mol. The third-order valence-electron chi connectivity index (χ3n) is 6.02. The molecule has 4 aromatic rings. The normalized spacial score (nSPS) is 13.4. The SMILES string of the molecule is Cn1ncc2ccc(NC(=O)c3ccccc3NCc3ccnc(NC(=O)N4CCOCC4)c3)cc21. The topological polar surface area (TPSA) is 113 Å². The van der Waals surface area contributed by atoms with Crippen molar-refractivity contribution in [2.24, 2.45) is 7.05 Å². The molecule has 0 saturated carbocycles. The Balaban J connectivity index is 1.24. The van der Waals surface area contributed by atoms with Crippen LogP contribution >= 0.6 is 0 Å². The maximum Gasteiger partial charge on any atom is 0.323 e. The quantitative estimate of drug-likeness (QED) is 0.384. The molecule has 3 amide bonds. The van der Waals surface area contributed by atoms with E-state index in [2.05, 4.69) is 26.0 Å². The van der Waals surface area contributed by atoms with Gasteiger partial charge in [-0.3, -0.25) is 14.8 Å². The lowest BCUT2D eigenvalue weighted by Crippen LogP contribution is -2.43. The smallest absolute Gasteiger partial charge is 0.323 e. The first-order valence-corrected chi connectivity index (χ1v) is 11.7. The van der Waals surface area contributed by atoms with E-state index < -0.39 is 0 Å². The zero-order chi connectivity index (χ0) is 24.9.